The molecule has 0 saturated carbocycles. The highest BCUT2D eigenvalue weighted by Gasteiger charge is 2.12. The zero-order valence-corrected chi connectivity index (χ0v) is 8.99. The molecule has 0 bridgehead atoms. The Hall–Kier alpha value is -0.580. The Kier molecular flexibility index (Phi) is 2.27. The quantitative estimate of drug-likeness (QED) is 0.759. The lowest BCUT2D eigenvalue weighted by Gasteiger charge is -1.95. The summed E-state index contributed by atoms with van der Waals surface area (Å²) in [6.07, 6.45) is 1.62. The molecule has 0 atom stereocenters. The summed E-state index contributed by atoms with van der Waals surface area (Å²) in [7, 11) is 1.86. The number of aromatic nitrogens is 3. The molecule has 3 nitrogen and oxygen atoms in total. The Labute approximate surface area is 88.9 Å². The van der Waals surface area contributed by atoms with Crippen LogP contribution in [0.15, 0.2) is 12.4 Å². The maximum Gasteiger partial charge on any atom is 0.165 e. The fraction of sp³-hybridized carbons (Fsp3) is 0.143. The Morgan fingerprint density at radius 1 is 1.46 bits per heavy atom. The molecule has 6 heteroatoms. The van der Waals surface area contributed by atoms with Crippen molar-refractivity contribution in [2.75, 3.05) is 0 Å². The van der Waals surface area contributed by atoms with Crippen molar-refractivity contribution in [2.24, 2.45) is 7.05 Å². The first-order valence-corrected chi connectivity index (χ1v) is 5.05. The van der Waals surface area contributed by atoms with E-state index in [-0.39, 0.29) is 0 Å². The van der Waals surface area contributed by atoms with E-state index in [0.29, 0.717) is 8.67 Å². The molecule has 2 aromatic heterocycles. The second kappa shape index (κ2) is 3.29. The molecule has 0 radical (unpaired) electrons. The van der Waals surface area contributed by atoms with Crippen LogP contribution in [0.5, 0.6) is 0 Å². The Morgan fingerprint density at radius 3 is 2.69 bits per heavy atom. The van der Waals surface area contributed by atoms with Gasteiger partial charge in [0, 0.05) is 7.05 Å². The van der Waals surface area contributed by atoms with Crippen molar-refractivity contribution in [1.82, 2.24) is 14.8 Å². The molecule has 0 saturated heterocycles. The van der Waals surface area contributed by atoms with Crippen LogP contribution in [-0.2, 0) is 7.05 Å². The summed E-state index contributed by atoms with van der Waals surface area (Å²) in [6.45, 7) is 0. The number of aryl methyl sites for hydroxylation is 1. The van der Waals surface area contributed by atoms with Crippen molar-refractivity contribution in [2.45, 2.75) is 0 Å². The SMILES string of the molecule is Cn1cnnc1-c1cc(Cl)sc1Cl. The van der Waals surface area contributed by atoms with Crippen molar-refractivity contribution in [1.29, 1.82) is 0 Å². The molecule has 13 heavy (non-hydrogen) atoms. The Morgan fingerprint density at radius 2 is 2.23 bits per heavy atom. The monoisotopic (exact) mass is 233 g/mol. The van der Waals surface area contributed by atoms with Gasteiger partial charge in [0.1, 0.15) is 10.7 Å². The summed E-state index contributed by atoms with van der Waals surface area (Å²) in [5.41, 5.74) is 0.830. The molecule has 2 aromatic rings. The number of hydrogen-bond acceptors (Lipinski definition) is 3. The lowest BCUT2D eigenvalue weighted by Crippen LogP contribution is -1.89. The maximum absolute atomic E-state index is 5.96. The standard InChI is InChI=1S/C7H5Cl2N3S/c1-12-3-10-11-7(12)4-2-5(8)13-6(4)9/h2-3H,1H3. The van der Waals surface area contributed by atoms with Crippen molar-refractivity contribution in [3.8, 4) is 11.4 Å². The van der Waals surface area contributed by atoms with Crippen LogP contribution >= 0.6 is 34.5 Å². The number of thiophene rings is 1. The highest BCUT2D eigenvalue weighted by atomic mass is 35.5. The van der Waals surface area contributed by atoms with E-state index in [1.54, 1.807) is 17.0 Å². The summed E-state index contributed by atoms with van der Waals surface area (Å²) >= 11 is 13.1. The topological polar surface area (TPSA) is 30.7 Å². The van der Waals surface area contributed by atoms with E-state index in [4.69, 9.17) is 23.2 Å². The lowest BCUT2D eigenvalue weighted by molar-refractivity contribution is 0.920. The fourth-order valence-corrected chi connectivity index (χ4v) is 2.48. The summed E-state index contributed by atoms with van der Waals surface area (Å²) < 4.78 is 3.09. The highest BCUT2D eigenvalue weighted by molar-refractivity contribution is 7.20. The summed E-state index contributed by atoms with van der Waals surface area (Å²) in [4.78, 5) is 0. The fourth-order valence-electron chi connectivity index (χ4n) is 1.02. The van der Waals surface area contributed by atoms with Crippen LogP contribution in [-0.4, -0.2) is 14.8 Å². The molecule has 68 valence electrons. The minimum atomic E-state index is 0.640. The summed E-state index contributed by atoms with van der Waals surface area (Å²) in [5, 5.41) is 7.70. The van der Waals surface area contributed by atoms with E-state index in [0.717, 1.165) is 11.4 Å². The molecule has 0 aliphatic carbocycles. The highest BCUT2D eigenvalue weighted by Crippen LogP contribution is 2.36. The zero-order chi connectivity index (χ0) is 9.42. The van der Waals surface area contributed by atoms with Gasteiger partial charge in [0.15, 0.2) is 5.82 Å². The molecule has 0 unspecified atom stereocenters. The maximum atomic E-state index is 5.96. The van der Waals surface area contributed by atoms with E-state index in [1.807, 2.05) is 7.05 Å². The number of rotatable bonds is 1. The smallest absolute Gasteiger partial charge is 0.165 e. The third-order valence-corrected chi connectivity index (χ3v) is 3.10. The van der Waals surface area contributed by atoms with Gasteiger partial charge in [-0.2, -0.15) is 0 Å². The van der Waals surface area contributed by atoms with Gasteiger partial charge >= 0.3 is 0 Å². The first kappa shape index (κ1) is 8.99. The average molecular weight is 234 g/mol. The van der Waals surface area contributed by atoms with Crippen LogP contribution in [0.3, 0.4) is 0 Å². The predicted octanol–water partition coefficient (Wildman–Crippen LogP) is 2.85. The molecule has 0 spiro atoms. The van der Waals surface area contributed by atoms with Gasteiger partial charge in [-0.05, 0) is 6.07 Å². The van der Waals surface area contributed by atoms with Crippen molar-refractivity contribution >= 4 is 34.5 Å². The van der Waals surface area contributed by atoms with Crippen molar-refractivity contribution in [3.05, 3.63) is 21.1 Å². The van der Waals surface area contributed by atoms with E-state index in [2.05, 4.69) is 10.2 Å². The predicted molar refractivity (Wildman–Crippen MR) is 54.3 cm³/mol. The van der Waals surface area contributed by atoms with Crippen LogP contribution in [0, 0.1) is 0 Å². The molecule has 0 fully saturated rings. The molecule has 0 amide bonds. The number of hydrogen-bond donors (Lipinski definition) is 0. The van der Waals surface area contributed by atoms with Gasteiger partial charge in [-0.25, -0.2) is 0 Å². The van der Waals surface area contributed by atoms with Gasteiger partial charge in [0.2, 0.25) is 0 Å². The van der Waals surface area contributed by atoms with Gasteiger partial charge in [0.25, 0.3) is 0 Å². The minimum Gasteiger partial charge on any atom is -0.317 e. The average Bonchev–Trinajstić information content (AvgIpc) is 2.58. The third kappa shape index (κ3) is 1.57. The molecule has 2 heterocycles. The van der Waals surface area contributed by atoms with Crippen LogP contribution < -0.4 is 0 Å². The van der Waals surface area contributed by atoms with E-state index < -0.39 is 0 Å². The van der Waals surface area contributed by atoms with Gasteiger partial charge in [-0.3, -0.25) is 0 Å². The molecule has 0 N–H and O–H groups in total. The summed E-state index contributed by atoms with van der Waals surface area (Å²) in [5.74, 6) is 0.730. The van der Waals surface area contributed by atoms with Crippen molar-refractivity contribution < 1.29 is 0 Å². The first-order chi connectivity index (χ1) is 6.18. The largest absolute Gasteiger partial charge is 0.317 e. The van der Waals surface area contributed by atoms with Crippen LogP contribution in [0.25, 0.3) is 11.4 Å². The molecule has 2 rings (SSSR count). The lowest BCUT2D eigenvalue weighted by atomic mass is 10.3. The minimum absolute atomic E-state index is 0.640. The van der Waals surface area contributed by atoms with Gasteiger partial charge in [-0.1, -0.05) is 23.2 Å². The number of halogens is 2. The third-order valence-electron chi connectivity index (χ3n) is 1.61. The first-order valence-electron chi connectivity index (χ1n) is 3.47. The van der Waals surface area contributed by atoms with Crippen LogP contribution in [0.4, 0.5) is 0 Å². The van der Waals surface area contributed by atoms with Gasteiger partial charge in [0.05, 0.1) is 9.90 Å². The molecule has 0 aromatic carbocycles. The van der Waals surface area contributed by atoms with Gasteiger partial charge < -0.3 is 4.57 Å². The van der Waals surface area contributed by atoms with E-state index >= 15 is 0 Å². The molecular formula is C7H5Cl2N3S. The molecule has 0 aliphatic heterocycles. The van der Waals surface area contributed by atoms with E-state index in [9.17, 15) is 0 Å². The number of nitrogens with zero attached hydrogens (tertiary/aromatic N) is 3. The second-order valence-electron chi connectivity index (χ2n) is 2.50. The van der Waals surface area contributed by atoms with Crippen LogP contribution in [0.1, 0.15) is 0 Å². The Bertz CT molecular complexity index is 435. The van der Waals surface area contributed by atoms with E-state index in [1.165, 1.54) is 11.3 Å². The second-order valence-corrected chi connectivity index (χ2v) is 4.79. The summed E-state index contributed by atoms with van der Waals surface area (Å²) in [6, 6.07) is 1.79. The van der Waals surface area contributed by atoms with Crippen LogP contribution in [0.2, 0.25) is 8.67 Å². The molecule has 0 aliphatic rings. The zero-order valence-electron chi connectivity index (χ0n) is 6.66. The van der Waals surface area contributed by atoms with Gasteiger partial charge in [-0.15, -0.1) is 21.5 Å². The normalized spacial score (nSPS) is 10.7. The molecular weight excluding hydrogens is 229 g/mol. The van der Waals surface area contributed by atoms with Crippen molar-refractivity contribution in [3.63, 3.8) is 0 Å². The Balaban J connectivity index is 2.58.